The number of anilines is 1. The molecular weight excluding hydrogens is 338 g/mol. The van der Waals surface area contributed by atoms with E-state index in [-0.39, 0.29) is 12.3 Å². The molecule has 0 radical (unpaired) electrons. The smallest absolute Gasteiger partial charge is 0.232 e. The maximum atomic E-state index is 12.5. The van der Waals surface area contributed by atoms with Crippen molar-refractivity contribution in [3.8, 4) is 0 Å². The van der Waals surface area contributed by atoms with Gasteiger partial charge in [0.2, 0.25) is 11.9 Å². The zero-order valence-electron chi connectivity index (χ0n) is 15.4. The first-order chi connectivity index (χ1) is 13.1. The van der Waals surface area contributed by atoms with Crippen LogP contribution in [0.25, 0.3) is 11.0 Å². The quantitative estimate of drug-likeness (QED) is 0.595. The van der Waals surface area contributed by atoms with Gasteiger partial charge in [-0.05, 0) is 36.2 Å². The summed E-state index contributed by atoms with van der Waals surface area (Å²) in [5.41, 5.74) is 4.99. The van der Waals surface area contributed by atoms with Gasteiger partial charge in [-0.25, -0.2) is 4.98 Å². The molecule has 0 fully saturated rings. The number of para-hydroxylation sites is 2. The third-order valence-corrected chi connectivity index (χ3v) is 4.61. The first kappa shape index (κ1) is 17.0. The molecule has 2 aromatic heterocycles. The summed E-state index contributed by atoms with van der Waals surface area (Å²) in [4.78, 5) is 17.2. The summed E-state index contributed by atoms with van der Waals surface area (Å²) in [7, 11) is 1.84. The van der Waals surface area contributed by atoms with E-state index in [1.165, 1.54) is 11.1 Å². The fourth-order valence-electron chi connectivity index (χ4n) is 3.18. The highest BCUT2D eigenvalue weighted by molar-refractivity contribution is 5.92. The molecule has 0 aliphatic heterocycles. The van der Waals surface area contributed by atoms with Crippen LogP contribution < -0.4 is 5.32 Å². The van der Waals surface area contributed by atoms with Crippen LogP contribution in [0.2, 0.25) is 0 Å². The lowest BCUT2D eigenvalue weighted by Gasteiger charge is -2.12. The molecule has 136 valence electrons. The van der Waals surface area contributed by atoms with Crippen molar-refractivity contribution < 1.29 is 4.79 Å². The Balaban J connectivity index is 1.65. The summed E-state index contributed by atoms with van der Waals surface area (Å²) in [5, 5.41) is 7.23. The lowest BCUT2D eigenvalue weighted by molar-refractivity contribution is -0.115. The van der Waals surface area contributed by atoms with Crippen LogP contribution in [0.15, 0.2) is 60.8 Å². The van der Waals surface area contributed by atoms with E-state index in [0.29, 0.717) is 12.5 Å². The second-order valence-corrected chi connectivity index (χ2v) is 6.64. The number of nitrogens with zero attached hydrogens (tertiary/aromatic N) is 4. The van der Waals surface area contributed by atoms with Crippen molar-refractivity contribution in [2.45, 2.75) is 19.9 Å². The number of imidazole rings is 1. The minimum absolute atomic E-state index is 0.130. The number of carbonyl (C=O) groups is 1. The highest BCUT2D eigenvalue weighted by atomic mass is 16.1. The van der Waals surface area contributed by atoms with Crippen LogP contribution in [-0.2, 0) is 24.8 Å². The lowest BCUT2D eigenvalue weighted by atomic mass is 10.1. The summed E-state index contributed by atoms with van der Waals surface area (Å²) >= 11 is 0. The van der Waals surface area contributed by atoms with Gasteiger partial charge in [0.25, 0.3) is 0 Å². The standard InChI is InChI=1S/C21H21N5O/c1-15-7-3-4-8-16(15)14-26-19-10-6-5-9-18(19)22-21(26)23-20(27)13-17-11-12-25(2)24-17/h3-12H,13-14H2,1-2H3,(H,22,23,27). The number of rotatable bonds is 5. The maximum absolute atomic E-state index is 12.5. The number of carbonyl (C=O) groups excluding carboxylic acids is 1. The first-order valence-corrected chi connectivity index (χ1v) is 8.88. The van der Waals surface area contributed by atoms with Crippen LogP contribution in [0, 0.1) is 6.92 Å². The second-order valence-electron chi connectivity index (χ2n) is 6.64. The maximum Gasteiger partial charge on any atom is 0.232 e. The fourth-order valence-corrected chi connectivity index (χ4v) is 3.18. The van der Waals surface area contributed by atoms with Crippen molar-refractivity contribution in [2.75, 3.05) is 5.32 Å². The van der Waals surface area contributed by atoms with Crippen molar-refractivity contribution in [3.05, 3.63) is 77.6 Å². The fraction of sp³-hybridized carbons (Fsp3) is 0.190. The van der Waals surface area contributed by atoms with Crippen LogP contribution in [0.5, 0.6) is 0 Å². The molecule has 0 aliphatic rings. The van der Waals surface area contributed by atoms with Gasteiger partial charge in [0.15, 0.2) is 0 Å². The molecule has 6 nitrogen and oxygen atoms in total. The molecule has 4 rings (SSSR count). The molecule has 0 spiro atoms. The molecule has 4 aromatic rings. The predicted octanol–water partition coefficient (Wildman–Crippen LogP) is 3.31. The Morgan fingerprint density at radius 1 is 1.07 bits per heavy atom. The lowest BCUT2D eigenvalue weighted by Crippen LogP contribution is -2.18. The summed E-state index contributed by atoms with van der Waals surface area (Å²) in [5.74, 6) is 0.426. The van der Waals surface area contributed by atoms with E-state index >= 15 is 0 Å². The van der Waals surface area contributed by atoms with Gasteiger partial charge in [0, 0.05) is 13.2 Å². The summed E-state index contributed by atoms with van der Waals surface area (Å²) in [6.45, 7) is 2.74. The molecule has 0 atom stereocenters. The Morgan fingerprint density at radius 2 is 1.85 bits per heavy atom. The zero-order chi connectivity index (χ0) is 18.8. The molecule has 0 saturated heterocycles. The van der Waals surface area contributed by atoms with Crippen molar-refractivity contribution in [1.82, 2.24) is 19.3 Å². The van der Waals surface area contributed by atoms with Crippen LogP contribution in [0.3, 0.4) is 0 Å². The highest BCUT2D eigenvalue weighted by Gasteiger charge is 2.15. The van der Waals surface area contributed by atoms with E-state index in [2.05, 4.69) is 34.5 Å². The number of fused-ring (bicyclic) bond motifs is 1. The summed E-state index contributed by atoms with van der Waals surface area (Å²) in [6, 6.07) is 18.0. The van der Waals surface area contributed by atoms with Crippen molar-refractivity contribution in [3.63, 3.8) is 0 Å². The average molecular weight is 359 g/mol. The largest absolute Gasteiger partial charge is 0.305 e. The molecule has 2 aromatic carbocycles. The molecule has 2 heterocycles. The Bertz CT molecular complexity index is 1110. The second kappa shape index (κ2) is 7.07. The molecule has 1 amide bonds. The van der Waals surface area contributed by atoms with Gasteiger partial charge in [-0.2, -0.15) is 5.10 Å². The van der Waals surface area contributed by atoms with Gasteiger partial charge in [-0.3, -0.25) is 14.8 Å². The van der Waals surface area contributed by atoms with Crippen LogP contribution >= 0.6 is 0 Å². The SMILES string of the molecule is Cc1ccccc1Cn1c(NC(=O)Cc2ccn(C)n2)nc2ccccc21. The van der Waals surface area contributed by atoms with Gasteiger partial charge in [0.05, 0.1) is 29.7 Å². The Kier molecular flexibility index (Phi) is 4.46. The molecular formula is C21H21N5O. The van der Waals surface area contributed by atoms with Gasteiger partial charge >= 0.3 is 0 Å². The van der Waals surface area contributed by atoms with E-state index in [1.807, 2.05) is 60.3 Å². The van der Waals surface area contributed by atoms with E-state index < -0.39 is 0 Å². The van der Waals surface area contributed by atoms with Crippen molar-refractivity contribution in [2.24, 2.45) is 7.05 Å². The van der Waals surface area contributed by atoms with Crippen molar-refractivity contribution >= 4 is 22.9 Å². The van der Waals surface area contributed by atoms with Gasteiger partial charge in [-0.1, -0.05) is 36.4 Å². The van der Waals surface area contributed by atoms with E-state index in [4.69, 9.17) is 0 Å². The Labute approximate surface area is 157 Å². The van der Waals surface area contributed by atoms with E-state index in [0.717, 1.165) is 16.7 Å². The molecule has 0 aliphatic carbocycles. The third kappa shape index (κ3) is 3.60. The topological polar surface area (TPSA) is 64.7 Å². The molecule has 0 saturated carbocycles. The van der Waals surface area contributed by atoms with Gasteiger partial charge in [-0.15, -0.1) is 0 Å². The zero-order valence-corrected chi connectivity index (χ0v) is 15.4. The molecule has 6 heteroatoms. The van der Waals surface area contributed by atoms with Crippen LogP contribution in [0.4, 0.5) is 5.95 Å². The molecule has 0 unspecified atom stereocenters. The number of aryl methyl sites for hydroxylation is 2. The normalized spacial score (nSPS) is 11.0. The molecule has 0 bridgehead atoms. The Morgan fingerprint density at radius 3 is 2.63 bits per heavy atom. The monoisotopic (exact) mass is 359 g/mol. The third-order valence-electron chi connectivity index (χ3n) is 4.61. The van der Waals surface area contributed by atoms with Crippen LogP contribution in [-0.4, -0.2) is 25.2 Å². The Hall–Kier alpha value is -3.41. The number of benzene rings is 2. The predicted molar refractivity (Wildman–Crippen MR) is 106 cm³/mol. The van der Waals surface area contributed by atoms with Gasteiger partial charge < -0.3 is 4.57 Å². The molecule has 1 N–H and O–H groups in total. The number of hydrogen-bond donors (Lipinski definition) is 1. The highest BCUT2D eigenvalue weighted by Crippen LogP contribution is 2.22. The van der Waals surface area contributed by atoms with Crippen molar-refractivity contribution in [1.29, 1.82) is 0 Å². The molecule has 27 heavy (non-hydrogen) atoms. The van der Waals surface area contributed by atoms with E-state index in [9.17, 15) is 4.79 Å². The first-order valence-electron chi connectivity index (χ1n) is 8.88. The van der Waals surface area contributed by atoms with E-state index in [1.54, 1.807) is 4.68 Å². The summed E-state index contributed by atoms with van der Waals surface area (Å²) < 4.78 is 3.74. The number of aromatic nitrogens is 4. The van der Waals surface area contributed by atoms with Crippen LogP contribution in [0.1, 0.15) is 16.8 Å². The minimum Gasteiger partial charge on any atom is -0.305 e. The number of amides is 1. The number of nitrogens with one attached hydrogen (secondary N) is 1. The number of hydrogen-bond acceptors (Lipinski definition) is 3. The summed E-state index contributed by atoms with van der Waals surface area (Å²) in [6.07, 6.45) is 2.05. The van der Waals surface area contributed by atoms with Gasteiger partial charge in [0.1, 0.15) is 0 Å². The minimum atomic E-state index is -0.130. The average Bonchev–Trinajstić information content (AvgIpc) is 3.20.